The van der Waals surface area contributed by atoms with Gasteiger partial charge >= 0.3 is 12.1 Å². The number of carboxylic acids is 1. The van der Waals surface area contributed by atoms with Crippen LogP contribution in [0.3, 0.4) is 0 Å². The standard InChI is InChI=1S/C12H12F3N3O3/c13-12(14,15)9-6(10(19)20)4-16-11(18-9)17-7-3-5-1-2-8(7)21-5/h4-5,7-8H,1-3H2,(H,19,20)(H,16,17,18)/t5-,7+,8+/m0/s1. The molecular formula is C12H12F3N3O3. The molecule has 6 nitrogen and oxygen atoms in total. The summed E-state index contributed by atoms with van der Waals surface area (Å²) in [6.07, 6.45) is -1.60. The van der Waals surface area contributed by atoms with E-state index >= 15 is 0 Å². The average molecular weight is 303 g/mol. The Morgan fingerprint density at radius 2 is 2.19 bits per heavy atom. The van der Waals surface area contributed by atoms with E-state index in [9.17, 15) is 18.0 Å². The number of alkyl halides is 3. The molecule has 2 saturated heterocycles. The summed E-state index contributed by atoms with van der Waals surface area (Å²) in [4.78, 5) is 17.8. The Kier molecular flexibility index (Phi) is 3.23. The van der Waals surface area contributed by atoms with E-state index in [4.69, 9.17) is 9.84 Å². The lowest BCUT2D eigenvalue weighted by Crippen LogP contribution is -2.31. The molecule has 0 aromatic carbocycles. The van der Waals surface area contributed by atoms with Gasteiger partial charge in [0.05, 0.1) is 18.2 Å². The van der Waals surface area contributed by atoms with Gasteiger partial charge in [-0.1, -0.05) is 0 Å². The summed E-state index contributed by atoms with van der Waals surface area (Å²) in [5.74, 6) is -1.94. The number of hydrogen-bond acceptors (Lipinski definition) is 5. The summed E-state index contributed by atoms with van der Waals surface area (Å²) in [6, 6.07) is -0.138. The number of nitrogens with one attached hydrogen (secondary N) is 1. The largest absolute Gasteiger partial charge is 0.478 e. The van der Waals surface area contributed by atoms with Gasteiger partial charge in [0.2, 0.25) is 5.95 Å². The Bertz CT molecular complexity index is 579. The van der Waals surface area contributed by atoms with Gasteiger partial charge in [0.25, 0.3) is 0 Å². The summed E-state index contributed by atoms with van der Waals surface area (Å²) in [7, 11) is 0. The summed E-state index contributed by atoms with van der Waals surface area (Å²) < 4.78 is 44.1. The molecule has 21 heavy (non-hydrogen) atoms. The molecule has 2 bridgehead atoms. The smallest absolute Gasteiger partial charge is 0.434 e. The number of aromatic carboxylic acids is 1. The molecule has 3 heterocycles. The fourth-order valence-corrected chi connectivity index (χ4v) is 2.78. The molecule has 3 atom stereocenters. The molecule has 114 valence electrons. The molecule has 0 spiro atoms. The van der Waals surface area contributed by atoms with Gasteiger partial charge in [0.15, 0.2) is 5.69 Å². The highest BCUT2D eigenvalue weighted by atomic mass is 19.4. The minimum Gasteiger partial charge on any atom is -0.478 e. The number of carboxylic acid groups (broad SMARTS) is 1. The minimum absolute atomic E-state index is 0.0490. The van der Waals surface area contributed by atoms with E-state index in [1.807, 2.05) is 0 Å². The molecule has 1 aromatic rings. The van der Waals surface area contributed by atoms with Crippen molar-refractivity contribution in [3.05, 3.63) is 17.5 Å². The molecule has 0 radical (unpaired) electrons. The van der Waals surface area contributed by atoms with E-state index in [0.29, 0.717) is 12.6 Å². The summed E-state index contributed by atoms with van der Waals surface area (Å²) in [6.45, 7) is 0. The van der Waals surface area contributed by atoms with Crippen LogP contribution in [0.4, 0.5) is 19.1 Å². The number of hydrogen-bond donors (Lipinski definition) is 2. The van der Waals surface area contributed by atoms with E-state index in [2.05, 4.69) is 15.3 Å². The maximum atomic E-state index is 12.8. The number of fused-ring (bicyclic) bond motifs is 2. The minimum atomic E-state index is -4.85. The van der Waals surface area contributed by atoms with Crippen LogP contribution in [0.5, 0.6) is 0 Å². The topological polar surface area (TPSA) is 84.3 Å². The van der Waals surface area contributed by atoms with Crippen molar-refractivity contribution in [2.75, 3.05) is 5.32 Å². The lowest BCUT2D eigenvalue weighted by Gasteiger charge is -2.20. The first-order valence-electron chi connectivity index (χ1n) is 6.44. The number of aromatic nitrogens is 2. The zero-order chi connectivity index (χ0) is 15.2. The van der Waals surface area contributed by atoms with Crippen LogP contribution in [-0.2, 0) is 10.9 Å². The SMILES string of the molecule is O=C(O)c1cnc(N[C@@H]2C[C@@H]3CC[C@H]2O3)nc1C(F)(F)F. The molecule has 3 rings (SSSR count). The predicted molar refractivity (Wildman–Crippen MR) is 63.9 cm³/mol. The fraction of sp³-hybridized carbons (Fsp3) is 0.583. The summed E-state index contributed by atoms with van der Waals surface area (Å²) in [5, 5.41) is 11.6. The molecule has 0 amide bonds. The summed E-state index contributed by atoms with van der Waals surface area (Å²) >= 11 is 0. The van der Waals surface area contributed by atoms with Gasteiger partial charge < -0.3 is 15.2 Å². The second-order valence-electron chi connectivity index (χ2n) is 5.12. The van der Waals surface area contributed by atoms with Gasteiger partial charge in [0.1, 0.15) is 5.56 Å². The average Bonchev–Trinajstić information content (AvgIpc) is 2.99. The lowest BCUT2D eigenvalue weighted by molar-refractivity contribution is -0.141. The lowest BCUT2D eigenvalue weighted by atomic mass is 9.96. The van der Waals surface area contributed by atoms with Crippen molar-refractivity contribution in [1.82, 2.24) is 9.97 Å². The number of halogens is 3. The van der Waals surface area contributed by atoms with Crippen LogP contribution in [0.25, 0.3) is 0 Å². The van der Waals surface area contributed by atoms with Crippen LogP contribution >= 0.6 is 0 Å². The van der Waals surface area contributed by atoms with Crippen LogP contribution in [0.2, 0.25) is 0 Å². The van der Waals surface area contributed by atoms with Crippen molar-refractivity contribution in [3.63, 3.8) is 0 Å². The van der Waals surface area contributed by atoms with Crippen LogP contribution < -0.4 is 5.32 Å². The van der Waals surface area contributed by atoms with Crippen LogP contribution in [0, 0.1) is 0 Å². The zero-order valence-corrected chi connectivity index (χ0v) is 10.7. The normalized spacial score (nSPS) is 27.9. The molecule has 9 heteroatoms. The Labute approximate surface area is 117 Å². The van der Waals surface area contributed by atoms with Gasteiger partial charge in [-0.15, -0.1) is 0 Å². The number of carbonyl (C=O) groups is 1. The second-order valence-corrected chi connectivity index (χ2v) is 5.12. The van der Waals surface area contributed by atoms with Gasteiger partial charge in [-0.2, -0.15) is 13.2 Å². The van der Waals surface area contributed by atoms with E-state index in [-0.39, 0.29) is 24.2 Å². The van der Waals surface area contributed by atoms with Crippen molar-refractivity contribution in [2.45, 2.75) is 43.7 Å². The third kappa shape index (κ3) is 2.65. The molecule has 2 aliphatic rings. The van der Waals surface area contributed by atoms with E-state index in [1.54, 1.807) is 0 Å². The van der Waals surface area contributed by atoms with Crippen molar-refractivity contribution < 1.29 is 27.8 Å². The number of ether oxygens (including phenoxy) is 1. The molecule has 1 aromatic heterocycles. The molecule has 2 N–H and O–H groups in total. The van der Waals surface area contributed by atoms with Crippen molar-refractivity contribution >= 4 is 11.9 Å². The second kappa shape index (κ2) is 4.83. The predicted octanol–water partition coefficient (Wildman–Crippen LogP) is 1.93. The highest BCUT2D eigenvalue weighted by molar-refractivity contribution is 5.88. The maximum Gasteiger partial charge on any atom is 0.434 e. The van der Waals surface area contributed by atoms with Crippen LogP contribution in [-0.4, -0.2) is 39.3 Å². The van der Waals surface area contributed by atoms with E-state index < -0.39 is 23.4 Å². The first kappa shape index (κ1) is 14.1. The molecule has 0 unspecified atom stereocenters. The Morgan fingerprint density at radius 3 is 2.71 bits per heavy atom. The van der Waals surface area contributed by atoms with Crippen molar-refractivity contribution in [2.24, 2.45) is 0 Å². The number of anilines is 1. The Morgan fingerprint density at radius 1 is 1.43 bits per heavy atom. The highest BCUT2D eigenvalue weighted by Gasteiger charge is 2.42. The maximum absolute atomic E-state index is 12.8. The Hall–Kier alpha value is -1.90. The van der Waals surface area contributed by atoms with Crippen molar-refractivity contribution in [3.8, 4) is 0 Å². The highest BCUT2D eigenvalue weighted by Crippen LogP contribution is 2.36. The monoisotopic (exact) mass is 303 g/mol. The van der Waals surface area contributed by atoms with E-state index in [1.165, 1.54) is 0 Å². The first-order valence-corrected chi connectivity index (χ1v) is 6.44. The van der Waals surface area contributed by atoms with Crippen LogP contribution in [0.1, 0.15) is 35.3 Å². The van der Waals surface area contributed by atoms with Gasteiger partial charge in [0, 0.05) is 6.20 Å². The third-order valence-corrected chi connectivity index (χ3v) is 3.71. The third-order valence-electron chi connectivity index (χ3n) is 3.71. The summed E-state index contributed by atoms with van der Waals surface area (Å²) in [5.41, 5.74) is -2.41. The van der Waals surface area contributed by atoms with Crippen molar-refractivity contribution in [1.29, 1.82) is 0 Å². The molecule has 2 fully saturated rings. The Balaban J connectivity index is 1.85. The fourth-order valence-electron chi connectivity index (χ4n) is 2.78. The van der Waals surface area contributed by atoms with Gasteiger partial charge in [-0.3, -0.25) is 0 Å². The van der Waals surface area contributed by atoms with E-state index in [0.717, 1.165) is 12.8 Å². The number of rotatable bonds is 3. The molecular weight excluding hydrogens is 291 g/mol. The molecule has 0 aliphatic carbocycles. The van der Waals surface area contributed by atoms with Gasteiger partial charge in [-0.25, -0.2) is 14.8 Å². The quantitative estimate of drug-likeness (QED) is 0.887. The number of nitrogens with zero attached hydrogens (tertiary/aromatic N) is 2. The zero-order valence-electron chi connectivity index (χ0n) is 10.7. The molecule has 2 aliphatic heterocycles. The van der Waals surface area contributed by atoms with Crippen LogP contribution in [0.15, 0.2) is 6.20 Å². The molecule has 0 saturated carbocycles. The first-order chi connectivity index (χ1) is 9.84. The van der Waals surface area contributed by atoms with Gasteiger partial charge in [-0.05, 0) is 19.3 Å².